The molecule has 4 heteroatoms. The van der Waals surface area contributed by atoms with Crippen molar-refractivity contribution in [1.29, 1.82) is 5.26 Å². The van der Waals surface area contributed by atoms with E-state index in [9.17, 15) is 4.79 Å². The molecule has 0 saturated carbocycles. The fourth-order valence-corrected chi connectivity index (χ4v) is 2.86. The molecule has 0 heterocycles. The number of benzene rings is 2. The van der Waals surface area contributed by atoms with Crippen LogP contribution in [0.25, 0.3) is 0 Å². The van der Waals surface area contributed by atoms with Crippen molar-refractivity contribution < 1.29 is 9.53 Å². The number of thioether (sulfide) groups is 1. The smallest absolute Gasteiger partial charge is 0.316 e. The lowest BCUT2D eigenvalue weighted by Gasteiger charge is -2.08. The topological polar surface area (TPSA) is 50.1 Å². The molecule has 2 rings (SSSR count). The number of aryl methyl sites for hydroxylation is 2. The highest BCUT2D eigenvalue weighted by Gasteiger charge is 2.08. The third kappa shape index (κ3) is 4.37. The number of ether oxygens (including phenoxy) is 1. The van der Waals surface area contributed by atoms with Crippen molar-refractivity contribution >= 4 is 17.7 Å². The predicted molar refractivity (Wildman–Crippen MR) is 87.6 cm³/mol. The van der Waals surface area contributed by atoms with Crippen molar-refractivity contribution in [2.45, 2.75) is 25.3 Å². The molecule has 112 valence electrons. The van der Waals surface area contributed by atoms with E-state index < -0.39 is 0 Å². The van der Waals surface area contributed by atoms with Crippen LogP contribution in [0, 0.1) is 25.2 Å². The molecule has 0 fully saturated rings. The number of nitriles is 1. The maximum atomic E-state index is 11.8. The SMILES string of the molecule is Cc1ccc(SCC(=O)OCc2ccccc2C#N)c(C)c1. The summed E-state index contributed by atoms with van der Waals surface area (Å²) in [6.07, 6.45) is 0. The maximum absolute atomic E-state index is 11.8. The summed E-state index contributed by atoms with van der Waals surface area (Å²) in [5.74, 6) is -0.0174. The molecule has 0 unspecified atom stereocenters. The van der Waals surface area contributed by atoms with Gasteiger partial charge < -0.3 is 4.74 Å². The summed E-state index contributed by atoms with van der Waals surface area (Å²) < 4.78 is 5.25. The van der Waals surface area contributed by atoms with Gasteiger partial charge in [0, 0.05) is 10.5 Å². The normalized spacial score (nSPS) is 10.0. The molecule has 22 heavy (non-hydrogen) atoms. The number of rotatable bonds is 5. The predicted octanol–water partition coefficient (Wildman–Crippen LogP) is 4.01. The quantitative estimate of drug-likeness (QED) is 0.618. The van der Waals surface area contributed by atoms with Crippen molar-refractivity contribution in [3.63, 3.8) is 0 Å². The Hall–Kier alpha value is -2.25. The van der Waals surface area contributed by atoms with Crippen LogP contribution >= 0.6 is 11.8 Å². The standard InChI is InChI=1S/C18H17NO2S/c1-13-7-8-17(14(2)9-13)22-12-18(20)21-11-16-6-4-3-5-15(16)10-19/h3-9H,11-12H2,1-2H3. The molecule has 0 spiro atoms. The Morgan fingerprint density at radius 1 is 1.23 bits per heavy atom. The van der Waals surface area contributed by atoms with Crippen LogP contribution < -0.4 is 0 Å². The summed E-state index contributed by atoms with van der Waals surface area (Å²) in [5, 5.41) is 8.99. The summed E-state index contributed by atoms with van der Waals surface area (Å²) in [6, 6.07) is 15.4. The fourth-order valence-electron chi connectivity index (χ4n) is 2.05. The van der Waals surface area contributed by atoms with Gasteiger partial charge in [0.05, 0.1) is 17.4 Å². The van der Waals surface area contributed by atoms with Crippen LogP contribution in [0.5, 0.6) is 0 Å². The van der Waals surface area contributed by atoms with Gasteiger partial charge in [-0.1, -0.05) is 35.9 Å². The second-order valence-electron chi connectivity index (χ2n) is 4.99. The average Bonchev–Trinajstić information content (AvgIpc) is 2.52. The van der Waals surface area contributed by atoms with Gasteiger partial charge in [-0.25, -0.2) is 0 Å². The molecule has 0 N–H and O–H groups in total. The molecular formula is C18H17NO2S. The third-order valence-electron chi connectivity index (χ3n) is 3.20. The third-order valence-corrected chi connectivity index (χ3v) is 4.35. The lowest BCUT2D eigenvalue weighted by atomic mass is 10.1. The highest BCUT2D eigenvalue weighted by Crippen LogP contribution is 2.23. The number of esters is 1. The first-order valence-corrected chi connectivity index (χ1v) is 7.92. The number of nitrogens with zero attached hydrogens (tertiary/aromatic N) is 1. The number of hydrogen-bond acceptors (Lipinski definition) is 4. The highest BCUT2D eigenvalue weighted by atomic mass is 32.2. The van der Waals surface area contributed by atoms with E-state index in [1.807, 2.05) is 32.0 Å². The van der Waals surface area contributed by atoms with E-state index in [0.29, 0.717) is 5.56 Å². The zero-order valence-corrected chi connectivity index (χ0v) is 13.4. The monoisotopic (exact) mass is 311 g/mol. The minimum Gasteiger partial charge on any atom is -0.460 e. The molecule has 2 aromatic rings. The largest absolute Gasteiger partial charge is 0.460 e. The van der Waals surface area contributed by atoms with Gasteiger partial charge >= 0.3 is 5.97 Å². The van der Waals surface area contributed by atoms with Crippen LogP contribution in [0.4, 0.5) is 0 Å². The number of carbonyl (C=O) groups excluding carboxylic acids is 1. The fraction of sp³-hybridized carbons (Fsp3) is 0.222. The molecule has 0 aliphatic carbocycles. The molecule has 0 aliphatic rings. The second kappa shape index (κ2) is 7.67. The minimum absolute atomic E-state index is 0.135. The second-order valence-corrected chi connectivity index (χ2v) is 6.00. The van der Waals surface area contributed by atoms with Gasteiger partial charge in [-0.15, -0.1) is 11.8 Å². The van der Waals surface area contributed by atoms with E-state index in [0.717, 1.165) is 16.0 Å². The Kier molecular flexibility index (Phi) is 5.62. The van der Waals surface area contributed by atoms with Crippen LogP contribution in [-0.4, -0.2) is 11.7 Å². The van der Waals surface area contributed by atoms with Gasteiger partial charge in [0.25, 0.3) is 0 Å². The first-order valence-electron chi connectivity index (χ1n) is 6.94. The number of carbonyl (C=O) groups is 1. The Balaban J connectivity index is 1.87. The molecule has 0 bridgehead atoms. The maximum Gasteiger partial charge on any atom is 0.316 e. The summed E-state index contributed by atoms with van der Waals surface area (Å²) in [7, 11) is 0. The molecule has 2 aromatic carbocycles. The Bertz CT molecular complexity index is 719. The van der Waals surface area contributed by atoms with Crippen LogP contribution in [0.2, 0.25) is 0 Å². The van der Waals surface area contributed by atoms with E-state index >= 15 is 0 Å². The summed E-state index contributed by atoms with van der Waals surface area (Å²) in [5.41, 5.74) is 3.64. The van der Waals surface area contributed by atoms with Gasteiger partial charge in [0.2, 0.25) is 0 Å². The molecule has 0 atom stereocenters. The lowest BCUT2D eigenvalue weighted by Crippen LogP contribution is -2.08. The average molecular weight is 311 g/mol. The van der Waals surface area contributed by atoms with Crippen LogP contribution in [0.15, 0.2) is 47.4 Å². The van der Waals surface area contributed by atoms with E-state index in [1.165, 1.54) is 17.3 Å². The van der Waals surface area contributed by atoms with Gasteiger partial charge in [-0.05, 0) is 31.5 Å². The van der Waals surface area contributed by atoms with Gasteiger partial charge in [0.15, 0.2) is 0 Å². The summed E-state index contributed by atoms with van der Waals surface area (Å²) in [4.78, 5) is 12.9. The van der Waals surface area contributed by atoms with Gasteiger partial charge in [-0.2, -0.15) is 5.26 Å². The van der Waals surface area contributed by atoms with Crippen LogP contribution in [0.3, 0.4) is 0 Å². The number of hydrogen-bond donors (Lipinski definition) is 0. The van der Waals surface area contributed by atoms with E-state index in [1.54, 1.807) is 18.2 Å². The minimum atomic E-state index is -0.280. The Morgan fingerprint density at radius 3 is 2.73 bits per heavy atom. The molecule has 0 saturated heterocycles. The molecule has 0 amide bonds. The summed E-state index contributed by atoms with van der Waals surface area (Å²) in [6.45, 7) is 4.21. The van der Waals surface area contributed by atoms with Crippen molar-refractivity contribution in [3.05, 3.63) is 64.7 Å². The van der Waals surface area contributed by atoms with Crippen molar-refractivity contribution in [2.75, 3.05) is 5.75 Å². The van der Waals surface area contributed by atoms with E-state index in [2.05, 4.69) is 12.1 Å². The lowest BCUT2D eigenvalue weighted by molar-refractivity contribution is -0.141. The van der Waals surface area contributed by atoms with E-state index in [-0.39, 0.29) is 18.3 Å². The van der Waals surface area contributed by atoms with Gasteiger partial charge in [-0.3, -0.25) is 4.79 Å². The summed E-state index contributed by atoms with van der Waals surface area (Å²) >= 11 is 1.47. The Morgan fingerprint density at radius 2 is 2.00 bits per heavy atom. The first kappa shape index (κ1) is 16.1. The van der Waals surface area contributed by atoms with Crippen molar-refractivity contribution in [1.82, 2.24) is 0 Å². The van der Waals surface area contributed by atoms with Crippen LogP contribution in [-0.2, 0) is 16.1 Å². The molecule has 0 aromatic heterocycles. The van der Waals surface area contributed by atoms with Crippen molar-refractivity contribution in [3.8, 4) is 6.07 Å². The van der Waals surface area contributed by atoms with E-state index in [4.69, 9.17) is 10.00 Å². The van der Waals surface area contributed by atoms with Crippen molar-refractivity contribution in [2.24, 2.45) is 0 Å². The van der Waals surface area contributed by atoms with Crippen LogP contribution in [0.1, 0.15) is 22.3 Å². The molecule has 0 aliphatic heterocycles. The molecule has 3 nitrogen and oxygen atoms in total. The Labute approximate surface area is 134 Å². The first-order chi connectivity index (χ1) is 10.6. The zero-order valence-electron chi connectivity index (χ0n) is 12.6. The van der Waals surface area contributed by atoms with Gasteiger partial charge in [0.1, 0.15) is 6.61 Å². The highest BCUT2D eigenvalue weighted by molar-refractivity contribution is 8.00. The zero-order chi connectivity index (χ0) is 15.9. The molecule has 0 radical (unpaired) electrons. The molecular weight excluding hydrogens is 294 g/mol.